The Hall–Kier alpha value is -1.92. The van der Waals surface area contributed by atoms with Crippen LogP contribution < -0.4 is 5.32 Å². The molecule has 3 rings (SSSR count). The lowest BCUT2D eigenvalue weighted by Gasteiger charge is -2.31. The fraction of sp³-hybridized carbons (Fsp3) is 0.550. The molecule has 2 heterocycles. The van der Waals surface area contributed by atoms with Crippen molar-refractivity contribution in [3.8, 4) is 5.69 Å². The number of nitrogens with zero attached hydrogens (tertiary/aromatic N) is 4. The highest BCUT2D eigenvalue weighted by Gasteiger charge is 2.25. The number of amides is 1. The van der Waals surface area contributed by atoms with E-state index in [2.05, 4.69) is 41.4 Å². The van der Waals surface area contributed by atoms with Crippen LogP contribution in [0.3, 0.4) is 0 Å². The van der Waals surface area contributed by atoms with Crippen LogP contribution in [0, 0.1) is 11.8 Å². The first-order chi connectivity index (χ1) is 12.6. The maximum atomic E-state index is 12.8. The summed E-state index contributed by atoms with van der Waals surface area (Å²) in [5.74, 6) is 1.32. The van der Waals surface area contributed by atoms with E-state index in [1.807, 2.05) is 24.1 Å². The minimum Gasteiger partial charge on any atom is -0.339 e. The van der Waals surface area contributed by atoms with E-state index in [0.717, 1.165) is 24.3 Å². The second kappa shape index (κ2) is 9.85. The smallest absolute Gasteiger partial charge is 0.223 e. The normalized spacial score (nSPS) is 17.0. The molecule has 0 bridgehead atoms. The molecule has 1 aliphatic heterocycles. The zero-order valence-corrected chi connectivity index (χ0v) is 17.2. The van der Waals surface area contributed by atoms with Crippen LogP contribution in [-0.4, -0.2) is 45.7 Å². The Bertz CT molecular complexity index is 698. The van der Waals surface area contributed by atoms with Crippen LogP contribution >= 0.6 is 12.4 Å². The van der Waals surface area contributed by atoms with Gasteiger partial charge in [0.2, 0.25) is 5.91 Å². The number of rotatable bonds is 6. The van der Waals surface area contributed by atoms with E-state index in [-0.39, 0.29) is 24.4 Å². The summed E-state index contributed by atoms with van der Waals surface area (Å²) >= 11 is 0. The maximum absolute atomic E-state index is 12.8. The Morgan fingerprint density at radius 1 is 1.26 bits per heavy atom. The molecule has 1 amide bonds. The lowest BCUT2D eigenvalue weighted by Crippen LogP contribution is -2.35. The van der Waals surface area contributed by atoms with Gasteiger partial charge in [0.1, 0.15) is 12.7 Å². The monoisotopic (exact) mass is 391 g/mol. The number of nitrogens with one attached hydrogen (secondary N) is 1. The average molecular weight is 392 g/mol. The predicted molar refractivity (Wildman–Crippen MR) is 109 cm³/mol. The molecule has 27 heavy (non-hydrogen) atoms. The van der Waals surface area contributed by atoms with Gasteiger partial charge in [-0.25, -0.2) is 9.67 Å². The molecule has 1 aromatic carbocycles. The molecule has 2 atom stereocenters. The van der Waals surface area contributed by atoms with Crippen LogP contribution in [0.4, 0.5) is 0 Å². The van der Waals surface area contributed by atoms with Gasteiger partial charge < -0.3 is 10.2 Å². The Kier molecular flexibility index (Phi) is 7.80. The fourth-order valence-electron chi connectivity index (χ4n) is 3.69. The molecular formula is C20H30ClN5O. The summed E-state index contributed by atoms with van der Waals surface area (Å²) < 4.78 is 1.73. The largest absolute Gasteiger partial charge is 0.339 e. The Balaban J connectivity index is 0.00000261. The van der Waals surface area contributed by atoms with Crippen molar-refractivity contribution in [1.82, 2.24) is 25.0 Å². The number of piperidine rings is 1. The van der Waals surface area contributed by atoms with E-state index in [9.17, 15) is 4.79 Å². The molecular weight excluding hydrogens is 362 g/mol. The van der Waals surface area contributed by atoms with Gasteiger partial charge in [-0.2, -0.15) is 5.10 Å². The highest BCUT2D eigenvalue weighted by molar-refractivity contribution is 5.85. The molecule has 1 aliphatic rings. The molecule has 2 aromatic rings. The third kappa shape index (κ3) is 5.30. The summed E-state index contributed by atoms with van der Waals surface area (Å²) in [5, 5.41) is 7.53. The molecule has 1 fully saturated rings. The molecule has 1 aromatic heterocycles. The van der Waals surface area contributed by atoms with E-state index < -0.39 is 0 Å². The summed E-state index contributed by atoms with van der Waals surface area (Å²) in [4.78, 5) is 18.6. The average Bonchev–Trinajstić information content (AvgIpc) is 3.22. The van der Waals surface area contributed by atoms with Crippen molar-refractivity contribution < 1.29 is 4.79 Å². The Morgan fingerprint density at radius 3 is 2.52 bits per heavy atom. The second-order valence-electron chi connectivity index (χ2n) is 7.38. The quantitative estimate of drug-likeness (QED) is 0.821. The number of hydrogen-bond acceptors (Lipinski definition) is 4. The van der Waals surface area contributed by atoms with Gasteiger partial charge >= 0.3 is 0 Å². The van der Waals surface area contributed by atoms with Crippen molar-refractivity contribution in [2.45, 2.75) is 39.2 Å². The van der Waals surface area contributed by atoms with Crippen molar-refractivity contribution in [3.63, 3.8) is 0 Å². The standard InChI is InChI=1S/C20H29N5O.ClH/c1-15(17-8-10-21-11-9-17)12-20(26)24(3)16(2)18-4-6-19(7-5-18)25-14-22-13-23-25;/h4-7,13-17,21H,8-12H2,1-3H3;1H. The number of aromatic nitrogens is 3. The topological polar surface area (TPSA) is 63.1 Å². The number of carbonyl (C=O) groups excluding carboxylic acids is 1. The summed E-state index contributed by atoms with van der Waals surface area (Å²) in [7, 11) is 1.91. The van der Waals surface area contributed by atoms with Crippen molar-refractivity contribution in [2.24, 2.45) is 11.8 Å². The van der Waals surface area contributed by atoms with Crippen molar-refractivity contribution in [1.29, 1.82) is 0 Å². The molecule has 0 aliphatic carbocycles. The van der Waals surface area contributed by atoms with Crippen LogP contribution in [0.5, 0.6) is 0 Å². The van der Waals surface area contributed by atoms with Crippen LogP contribution in [0.2, 0.25) is 0 Å². The second-order valence-corrected chi connectivity index (χ2v) is 7.38. The summed E-state index contributed by atoms with van der Waals surface area (Å²) in [5.41, 5.74) is 2.09. The molecule has 7 heteroatoms. The maximum Gasteiger partial charge on any atom is 0.223 e. The van der Waals surface area contributed by atoms with E-state index in [1.165, 1.54) is 19.2 Å². The molecule has 0 saturated carbocycles. The molecule has 2 unspecified atom stereocenters. The van der Waals surface area contributed by atoms with Crippen molar-refractivity contribution in [3.05, 3.63) is 42.5 Å². The first-order valence-electron chi connectivity index (χ1n) is 9.47. The van der Waals surface area contributed by atoms with Gasteiger partial charge in [0, 0.05) is 13.5 Å². The number of halogens is 1. The molecule has 148 valence electrons. The van der Waals surface area contributed by atoms with E-state index in [1.54, 1.807) is 11.0 Å². The minimum atomic E-state index is 0. The van der Waals surface area contributed by atoms with Gasteiger partial charge in [-0.15, -0.1) is 12.4 Å². The molecule has 6 nitrogen and oxygen atoms in total. The summed E-state index contributed by atoms with van der Waals surface area (Å²) in [6.07, 6.45) is 6.18. The Morgan fingerprint density at radius 2 is 1.93 bits per heavy atom. The lowest BCUT2D eigenvalue weighted by molar-refractivity contribution is -0.133. The molecule has 1 saturated heterocycles. The van der Waals surface area contributed by atoms with E-state index in [4.69, 9.17) is 0 Å². The van der Waals surface area contributed by atoms with Gasteiger partial charge in [0.25, 0.3) is 0 Å². The Labute approximate surface area is 167 Å². The SMILES string of the molecule is CC(CC(=O)N(C)C(C)c1ccc(-n2cncn2)cc1)C1CCNCC1.Cl. The summed E-state index contributed by atoms with van der Waals surface area (Å²) in [6.45, 7) is 6.46. The number of hydrogen-bond donors (Lipinski definition) is 1. The van der Waals surface area contributed by atoms with Crippen LogP contribution in [0.15, 0.2) is 36.9 Å². The minimum absolute atomic E-state index is 0. The number of carbonyl (C=O) groups is 1. The number of benzene rings is 1. The van der Waals surface area contributed by atoms with Gasteiger partial charge in [-0.05, 0) is 62.4 Å². The van der Waals surface area contributed by atoms with Gasteiger partial charge in [-0.1, -0.05) is 19.1 Å². The van der Waals surface area contributed by atoms with Crippen molar-refractivity contribution >= 4 is 18.3 Å². The van der Waals surface area contributed by atoms with Crippen LogP contribution in [0.1, 0.15) is 44.7 Å². The third-order valence-corrected chi connectivity index (χ3v) is 5.72. The zero-order valence-electron chi connectivity index (χ0n) is 16.3. The van der Waals surface area contributed by atoms with Crippen molar-refractivity contribution in [2.75, 3.05) is 20.1 Å². The molecule has 0 spiro atoms. The van der Waals surface area contributed by atoms with Gasteiger partial charge in [-0.3, -0.25) is 4.79 Å². The predicted octanol–water partition coefficient (Wildman–Crippen LogP) is 3.23. The first kappa shape index (κ1) is 21.4. The highest BCUT2D eigenvalue weighted by Crippen LogP contribution is 2.27. The van der Waals surface area contributed by atoms with Crippen LogP contribution in [-0.2, 0) is 4.79 Å². The van der Waals surface area contributed by atoms with E-state index >= 15 is 0 Å². The van der Waals surface area contributed by atoms with Gasteiger partial charge in [0.15, 0.2) is 0 Å². The van der Waals surface area contributed by atoms with E-state index in [0.29, 0.717) is 18.3 Å². The van der Waals surface area contributed by atoms with Gasteiger partial charge in [0.05, 0.1) is 11.7 Å². The highest BCUT2D eigenvalue weighted by atomic mass is 35.5. The summed E-state index contributed by atoms with van der Waals surface area (Å²) in [6, 6.07) is 8.18. The molecule has 1 N–H and O–H groups in total. The molecule has 0 radical (unpaired) electrons. The first-order valence-corrected chi connectivity index (χ1v) is 9.47. The fourth-order valence-corrected chi connectivity index (χ4v) is 3.69. The van der Waals surface area contributed by atoms with Crippen LogP contribution in [0.25, 0.3) is 5.69 Å². The lowest BCUT2D eigenvalue weighted by atomic mass is 9.84. The zero-order chi connectivity index (χ0) is 18.5. The third-order valence-electron chi connectivity index (χ3n) is 5.72.